The number of phosphoric ester groups is 1. The molecule has 2 rings (SSSR count). The second-order valence-corrected chi connectivity index (χ2v) is 7.59. The molecule has 0 spiro atoms. The maximum absolute atomic E-state index is 11.7. The first-order valence-corrected chi connectivity index (χ1v) is 9.73. The van der Waals surface area contributed by atoms with Crippen LogP contribution in [0.4, 0.5) is 0 Å². The van der Waals surface area contributed by atoms with Gasteiger partial charge in [-0.15, -0.1) is 12.8 Å². The van der Waals surface area contributed by atoms with E-state index in [-0.39, 0.29) is 5.56 Å². The summed E-state index contributed by atoms with van der Waals surface area (Å²) in [5, 5.41) is 0. The van der Waals surface area contributed by atoms with Crippen LogP contribution >= 0.6 is 15.6 Å². The Morgan fingerprint density at radius 2 is 1.88 bits per heavy atom. The molecule has 1 aromatic heterocycles. The summed E-state index contributed by atoms with van der Waals surface area (Å²) in [6, 6.07) is 0. The van der Waals surface area contributed by atoms with E-state index in [1.165, 1.54) is 25.3 Å². The van der Waals surface area contributed by atoms with Gasteiger partial charge in [-0.2, -0.15) is 4.31 Å². The average molecular weight is 410 g/mol. The summed E-state index contributed by atoms with van der Waals surface area (Å²) in [6.07, 6.45) is 10.4. The van der Waals surface area contributed by atoms with Crippen LogP contribution in [0, 0.1) is 19.8 Å². The van der Waals surface area contributed by atoms with Gasteiger partial charge in [-0.1, -0.05) is 6.08 Å². The number of rotatable bonds is 6. The van der Waals surface area contributed by atoms with Crippen molar-refractivity contribution >= 4 is 15.6 Å². The van der Waals surface area contributed by atoms with Gasteiger partial charge in [0, 0.05) is 11.8 Å². The summed E-state index contributed by atoms with van der Waals surface area (Å²) < 4.78 is 36.4. The molecule has 0 aromatic carbocycles. The molecular weight excluding hydrogens is 394 g/mol. The first-order valence-electron chi connectivity index (χ1n) is 6.70. The van der Waals surface area contributed by atoms with Crippen molar-refractivity contribution in [3.05, 3.63) is 44.8 Å². The molecule has 144 valence electrons. The molecule has 0 radical (unpaired) electrons. The third kappa shape index (κ3) is 6.49. The van der Waals surface area contributed by atoms with Crippen LogP contribution in [0.5, 0.6) is 0 Å². The molecule has 26 heavy (non-hydrogen) atoms. The number of terminal acetylenes is 1. The maximum atomic E-state index is 11.7. The van der Waals surface area contributed by atoms with Crippen LogP contribution in [0.15, 0.2) is 27.9 Å². The van der Waals surface area contributed by atoms with Gasteiger partial charge in [-0.25, -0.2) is 13.9 Å². The van der Waals surface area contributed by atoms with Gasteiger partial charge in [0.25, 0.3) is 5.56 Å². The number of nitrogens with zero attached hydrogens (tertiary/aromatic N) is 1. The van der Waals surface area contributed by atoms with Crippen molar-refractivity contribution in [2.75, 3.05) is 6.61 Å². The van der Waals surface area contributed by atoms with Gasteiger partial charge in [-0.3, -0.25) is 18.9 Å². The van der Waals surface area contributed by atoms with E-state index < -0.39 is 45.8 Å². The Morgan fingerprint density at radius 1 is 1.27 bits per heavy atom. The molecule has 4 N–H and O–H groups in total. The minimum atomic E-state index is -5.20. The Hall–Kier alpha value is -1.80. The molecule has 0 bridgehead atoms. The second-order valence-electron chi connectivity index (χ2n) is 4.77. The summed E-state index contributed by atoms with van der Waals surface area (Å²) in [7, 11) is -10.2. The standard InChI is InChI=1S/C10H14N2O10P2.C2H2/c1-6-4-12(10(14)11-9(6)13)8-3-2-7(21-8)5-20-24(18,19)22-23(15,16)17;1-2/h2-4,7-8H,5H2,1H3,(H,18,19)(H,11,13,14)(H2,15,16,17);1-2H/t7-,8+;/m0./s1. The lowest BCUT2D eigenvalue weighted by molar-refractivity contribution is -0.0105. The van der Waals surface area contributed by atoms with Crippen LogP contribution < -0.4 is 11.2 Å². The van der Waals surface area contributed by atoms with Gasteiger partial charge in [0.1, 0.15) is 6.10 Å². The molecule has 0 saturated carbocycles. The van der Waals surface area contributed by atoms with Crippen molar-refractivity contribution in [3.63, 3.8) is 0 Å². The molecule has 0 saturated heterocycles. The van der Waals surface area contributed by atoms with Gasteiger partial charge < -0.3 is 19.4 Å². The van der Waals surface area contributed by atoms with Crippen LogP contribution in [0.2, 0.25) is 0 Å². The number of nitrogens with one attached hydrogen (secondary N) is 1. The van der Waals surface area contributed by atoms with E-state index in [1.54, 1.807) is 0 Å². The van der Waals surface area contributed by atoms with Gasteiger partial charge in [0.15, 0.2) is 6.23 Å². The predicted molar refractivity (Wildman–Crippen MR) is 87.9 cm³/mol. The van der Waals surface area contributed by atoms with E-state index in [0.717, 1.165) is 4.57 Å². The Morgan fingerprint density at radius 3 is 2.46 bits per heavy atom. The average Bonchev–Trinajstić information content (AvgIpc) is 2.97. The number of aromatic amines is 1. The quantitative estimate of drug-likeness (QED) is 0.278. The van der Waals surface area contributed by atoms with Crippen molar-refractivity contribution in [1.82, 2.24) is 9.55 Å². The topological polar surface area (TPSA) is 177 Å². The summed E-state index contributed by atoms with van der Waals surface area (Å²) in [5.74, 6) is 0. The smallest absolute Gasteiger partial charge is 0.344 e. The molecule has 0 aliphatic carbocycles. The van der Waals surface area contributed by atoms with Crippen LogP contribution in [0.3, 0.4) is 0 Å². The van der Waals surface area contributed by atoms with Crippen molar-refractivity contribution in [2.45, 2.75) is 19.3 Å². The molecule has 14 heteroatoms. The third-order valence-corrected chi connectivity index (χ3v) is 4.99. The Kier molecular flexibility index (Phi) is 7.46. The van der Waals surface area contributed by atoms with Crippen molar-refractivity contribution in [1.29, 1.82) is 0 Å². The molecular formula is C12H16N2O10P2. The van der Waals surface area contributed by atoms with Gasteiger partial charge in [-0.05, 0) is 13.0 Å². The van der Waals surface area contributed by atoms with Gasteiger partial charge in [0.2, 0.25) is 0 Å². The highest BCUT2D eigenvalue weighted by atomic mass is 31.3. The van der Waals surface area contributed by atoms with E-state index in [4.69, 9.17) is 19.4 Å². The number of aryl methyl sites for hydroxylation is 1. The van der Waals surface area contributed by atoms with E-state index in [0.29, 0.717) is 0 Å². The first-order chi connectivity index (χ1) is 12.0. The predicted octanol–water partition coefficient (Wildman–Crippen LogP) is -0.226. The number of H-pyrrole nitrogens is 1. The molecule has 1 aliphatic heterocycles. The highest BCUT2D eigenvalue weighted by molar-refractivity contribution is 7.60. The minimum absolute atomic E-state index is 0.279. The molecule has 1 unspecified atom stereocenters. The second kappa shape index (κ2) is 8.73. The van der Waals surface area contributed by atoms with Crippen LogP contribution in [0.25, 0.3) is 0 Å². The fraction of sp³-hybridized carbons (Fsp3) is 0.333. The van der Waals surface area contributed by atoms with E-state index >= 15 is 0 Å². The normalized spacial score (nSPS) is 21.6. The minimum Gasteiger partial charge on any atom is -0.344 e. The van der Waals surface area contributed by atoms with E-state index in [9.17, 15) is 18.7 Å². The molecule has 1 aliphatic rings. The first kappa shape index (κ1) is 22.2. The molecule has 1 aromatic rings. The zero-order chi connectivity index (χ0) is 20.1. The zero-order valence-corrected chi connectivity index (χ0v) is 15.1. The molecule has 0 amide bonds. The fourth-order valence-corrected chi connectivity index (χ4v) is 3.44. The maximum Gasteiger partial charge on any atom is 0.481 e. The summed E-state index contributed by atoms with van der Waals surface area (Å²) in [5.41, 5.74) is -0.963. The fourth-order valence-electron chi connectivity index (χ4n) is 1.84. The monoisotopic (exact) mass is 410 g/mol. The lowest BCUT2D eigenvalue weighted by Gasteiger charge is -2.18. The molecule has 12 nitrogen and oxygen atoms in total. The van der Waals surface area contributed by atoms with E-state index in [2.05, 4.69) is 26.7 Å². The van der Waals surface area contributed by atoms with Gasteiger partial charge in [0.05, 0.1) is 6.61 Å². The van der Waals surface area contributed by atoms with Crippen molar-refractivity contribution < 1.29 is 37.4 Å². The molecule has 3 atom stereocenters. The number of aromatic nitrogens is 2. The van der Waals surface area contributed by atoms with Crippen LogP contribution in [0.1, 0.15) is 11.8 Å². The number of hydrogen-bond donors (Lipinski definition) is 4. The number of hydrogen-bond acceptors (Lipinski definition) is 7. The highest BCUT2D eigenvalue weighted by Crippen LogP contribution is 2.57. The SMILES string of the molecule is C#C.Cc1cn([C@H]2C=C[C@@H](COP(=O)(O)OP(=O)(O)O)O2)c(=O)[nH]c1=O. The summed E-state index contributed by atoms with van der Waals surface area (Å²) in [4.78, 5) is 51.2. The van der Waals surface area contributed by atoms with E-state index in [1.807, 2.05) is 0 Å². The highest BCUT2D eigenvalue weighted by Gasteiger charge is 2.34. The van der Waals surface area contributed by atoms with Crippen LogP contribution in [-0.2, 0) is 22.7 Å². The Bertz CT molecular complexity index is 895. The lowest BCUT2D eigenvalue weighted by Crippen LogP contribution is -2.33. The molecule has 2 heterocycles. The third-order valence-electron chi connectivity index (χ3n) is 2.84. The van der Waals surface area contributed by atoms with Crippen LogP contribution in [-0.4, -0.2) is 36.9 Å². The van der Waals surface area contributed by atoms with Crippen molar-refractivity contribution in [3.8, 4) is 12.8 Å². The summed E-state index contributed by atoms with van der Waals surface area (Å²) >= 11 is 0. The summed E-state index contributed by atoms with van der Waals surface area (Å²) in [6.45, 7) is 0.938. The zero-order valence-electron chi connectivity index (χ0n) is 13.3. The largest absolute Gasteiger partial charge is 0.481 e. The molecule has 0 fully saturated rings. The number of phosphoric acid groups is 2. The Labute approximate surface area is 146 Å². The number of ether oxygens (including phenoxy) is 1. The lowest BCUT2D eigenvalue weighted by atomic mass is 10.3. The Balaban J connectivity index is 0.00000163. The van der Waals surface area contributed by atoms with Crippen molar-refractivity contribution in [2.24, 2.45) is 0 Å². The van der Waals surface area contributed by atoms with Gasteiger partial charge >= 0.3 is 21.3 Å².